The molecule has 1 N–H and O–H groups in total. The molecule has 1 amide bonds. The highest BCUT2D eigenvalue weighted by molar-refractivity contribution is 6.06. The third-order valence-electron chi connectivity index (χ3n) is 4.17. The van der Waals surface area contributed by atoms with E-state index in [0.717, 1.165) is 22.2 Å². The number of anilines is 1. The van der Waals surface area contributed by atoms with Gasteiger partial charge in [-0.2, -0.15) is 5.10 Å². The Balaban J connectivity index is 1.47. The van der Waals surface area contributed by atoms with Crippen LogP contribution in [0.2, 0.25) is 0 Å². The third kappa shape index (κ3) is 3.14. The van der Waals surface area contributed by atoms with E-state index in [1.165, 1.54) is 6.33 Å². The number of aryl methyl sites for hydroxylation is 1. The molecular weight excluding hydrogens is 314 g/mol. The summed E-state index contributed by atoms with van der Waals surface area (Å²) in [5, 5.41) is 8.07. The van der Waals surface area contributed by atoms with Crippen molar-refractivity contribution in [1.82, 2.24) is 19.3 Å². The lowest BCUT2D eigenvalue weighted by Crippen LogP contribution is -2.11. The van der Waals surface area contributed by atoms with Crippen LogP contribution < -0.4 is 5.32 Å². The predicted octanol–water partition coefficient (Wildman–Crippen LogP) is 3.07. The second kappa shape index (κ2) is 6.24. The summed E-state index contributed by atoms with van der Waals surface area (Å²) < 4.78 is 3.79. The highest BCUT2D eigenvalue weighted by Crippen LogP contribution is 2.18. The minimum Gasteiger partial charge on any atom is -0.351 e. The molecule has 2 aromatic heterocycles. The Morgan fingerprint density at radius 2 is 1.96 bits per heavy atom. The molecule has 6 heteroatoms. The number of amides is 1. The Morgan fingerprint density at radius 3 is 2.72 bits per heavy atom. The van der Waals surface area contributed by atoms with Gasteiger partial charge in [-0.1, -0.05) is 12.1 Å². The number of hydrogen-bond donors (Lipinski definition) is 1. The first-order chi connectivity index (χ1) is 12.2. The predicted molar refractivity (Wildman–Crippen MR) is 96.4 cm³/mol. The average Bonchev–Trinajstić information content (AvgIpc) is 3.26. The molecule has 0 radical (unpaired) electrons. The highest BCUT2D eigenvalue weighted by atomic mass is 16.1. The van der Waals surface area contributed by atoms with Crippen molar-refractivity contribution in [2.24, 2.45) is 7.05 Å². The molecule has 0 spiro atoms. The topological polar surface area (TPSA) is 64.7 Å². The average molecular weight is 331 g/mol. The highest BCUT2D eigenvalue weighted by Gasteiger charge is 2.08. The largest absolute Gasteiger partial charge is 0.351 e. The molecule has 4 rings (SSSR count). The van der Waals surface area contributed by atoms with Gasteiger partial charge in [-0.3, -0.25) is 4.79 Å². The zero-order chi connectivity index (χ0) is 17.2. The van der Waals surface area contributed by atoms with Crippen LogP contribution >= 0.6 is 0 Å². The van der Waals surface area contributed by atoms with Gasteiger partial charge < -0.3 is 9.88 Å². The Bertz CT molecular complexity index is 1020. The van der Waals surface area contributed by atoms with E-state index in [4.69, 9.17) is 0 Å². The minimum absolute atomic E-state index is 0.116. The summed E-state index contributed by atoms with van der Waals surface area (Å²) in [5.41, 5.74) is 3.61. The van der Waals surface area contributed by atoms with Gasteiger partial charge in [-0.15, -0.1) is 0 Å². The number of nitrogens with one attached hydrogen (secondary N) is 1. The first-order valence-electron chi connectivity index (χ1n) is 7.97. The number of fused-ring (bicyclic) bond motifs is 1. The number of carbonyl (C=O) groups is 1. The lowest BCUT2D eigenvalue weighted by molar-refractivity contribution is 0.102. The first kappa shape index (κ1) is 15.1. The van der Waals surface area contributed by atoms with Crippen LogP contribution in [0.15, 0.2) is 67.4 Å². The molecule has 0 unspecified atom stereocenters. The summed E-state index contributed by atoms with van der Waals surface area (Å²) in [6, 6.07) is 15.4. The quantitative estimate of drug-likeness (QED) is 0.625. The molecule has 0 saturated heterocycles. The molecule has 0 atom stereocenters. The van der Waals surface area contributed by atoms with Crippen LogP contribution in [0.25, 0.3) is 10.9 Å². The molecule has 25 heavy (non-hydrogen) atoms. The lowest BCUT2D eigenvalue weighted by Gasteiger charge is -2.07. The van der Waals surface area contributed by atoms with Crippen LogP contribution in [-0.2, 0) is 13.6 Å². The molecule has 0 aliphatic heterocycles. The summed E-state index contributed by atoms with van der Waals surface area (Å²) in [6.07, 6.45) is 5.17. The number of benzene rings is 2. The van der Waals surface area contributed by atoms with Gasteiger partial charge in [0.15, 0.2) is 0 Å². The van der Waals surface area contributed by atoms with E-state index in [0.29, 0.717) is 12.1 Å². The summed E-state index contributed by atoms with van der Waals surface area (Å²) >= 11 is 0. The second-order valence-corrected chi connectivity index (χ2v) is 5.94. The molecule has 0 saturated carbocycles. The van der Waals surface area contributed by atoms with Crippen molar-refractivity contribution in [2.75, 3.05) is 5.32 Å². The van der Waals surface area contributed by atoms with E-state index in [1.54, 1.807) is 11.0 Å². The van der Waals surface area contributed by atoms with Crippen molar-refractivity contribution in [3.05, 3.63) is 78.5 Å². The maximum absolute atomic E-state index is 12.5. The van der Waals surface area contributed by atoms with Crippen molar-refractivity contribution < 1.29 is 4.79 Å². The smallest absolute Gasteiger partial charge is 0.255 e. The zero-order valence-electron chi connectivity index (χ0n) is 13.8. The maximum Gasteiger partial charge on any atom is 0.255 e. The summed E-state index contributed by atoms with van der Waals surface area (Å²) in [5.74, 6) is -0.116. The van der Waals surface area contributed by atoms with Gasteiger partial charge in [0.05, 0.1) is 6.54 Å². The Kier molecular flexibility index (Phi) is 3.78. The minimum atomic E-state index is -0.116. The molecule has 0 aliphatic carbocycles. The van der Waals surface area contributed by atoms with Gasteiger partial charge in [0.1, 0.15) is 12.7 Å². The third-order valence-corrected chi connectivity index (χ3v) is 4.17. The van der Waals surface area contributed by atoms with E-state index in [9.17, 15) is 4.79 Å². The summed E-state index contributed by atoms with van der Waals surface area (Å²) in [7, 11) is 1.99. The van der Waals surface area contributed by atoms with Gasteiger partial charge in [0.2, 0.25) is 0 Å². The summed E-state index contributed by atoms with van der Waals surface area (Å²) in [6.45, 7) is 0.652. The van der Waals surface area contributed by atoms with Crippen LogP contribution in [0.5, 0.6) is 0 Å². The number of nitrogens with zero attached hydrogens (tertiary/aromatic N) is 4. The number of hydrogen-bond acceptors (Lipinski definition) is 3. The first-order valence-corrected chi connectivity index (χ1v) is 7.97. The Morgan fingerprint density at radius 1 is 1.12 bits per heavy atom. The van der Waals surface area contributed by atoms with Crippen molar-refractivity contribution in [3.63, 3.8) is 0 Å². The van der Waals surface area contributed by atoms with Crippen molar-refractivity contribution in [1.29, 1.82) is 0 Å². The van der Waals surface area contributed by atoms with E-state index in [2.05, 4.69) is 15.4 Å². The maximum atomic E-state index is 12.5. The number of carbonyl (C=O) groups excluding carboxylic acids is 1. The molecule has 6 nitrogen and oxygen atoms in total. The second-order valence-electron chi connectivity index (χ2n) is 5.94. The van der Waals surface area contributed by atoms with Crippen molar-refractivity contribution in [2.45, 2.75) is 6.54 Å². The van der Waals surface area contributed by atoms with Gasteiger partial charge in [0.25, 0.3) is 5.91 Å². The van der Waals surface area contributed by atoms with Gasteiger partial charge in [0, 0.05) is 35.4 Å². The fourth-order valence-electron chi connectivity index (χ4n) is 2.82. The molecule has 0 aliphatic rings. The normalized spacial score (nSPS) is 10.9. The fourth-order valence-corrected chi connectivity index (χ4v) is 2.82. The summed E-state index contributed by atoms with van der Waals surface area (Å²) in [4.78, 5) is 16.4. The zero-order valence-corrected chi connectivity index (χ0v) is 13.8. The van der Waals surface area contributed by atoms with Crippen LogP contribution in [0, 0.1) is 0 Å². The van der Waals surface area contributed by atoms with Gasteiger partial charge in [-0.25, -0.2) is 9.67 Å². The van der Waals surface area contributed by atoms with Crippen LogP contribution in [-0.4, -0.2) is 25.2 Å². The standard InChI is InChI=1S/C19H17N5O/c1-23-9-8-15-10-16(4-7-18(15)23)19(25)22-17-5-2-14(3-6-17)11-24-13-20-12-21-24/h2-10,12-13H,11H2,1H3,(H,22,25). The molecule has 0 bridgehead atoms. The van der Waals surface area contributed by atoms with Crippen LogP contribution in [0.3, 0.4) is 0 Å². The fraction of sp³-hybridized carbons (Fsp3) is 0.105. The van der Waals surface area contributed by atoms with Crippen LogP contribution in [0.4, 0.5) is 5.69 Å². The molecular formula is C19H17N5O. The monoisotopic (exact) mass is 331 g/mol. The molecule has 2 heterocycles. The van der Waals surface area contributed by atoms with Gasteiger partial charge >= 0.3 is 0 Å². The number of aromatic nitrogens is 4. The Labute approximate surface area is 144 Å². The lowest BCUT2D eigenvalue weighted by atomic mass is 10.1. The van der Waals surface area contributed by atoms with Crippen molar-refractivity contribution in [3.8, 4) is 0 Å². The SMILES string of the molecule is Cn1ccc2cc(C(=O)Nc3ccc(Cn4cncn4)cc3)ccc21. The van der Waals surface area contributed by atoms with Crippen molar-refractivity contribution >= 4 is 22.5 Å². The van der Waals surface area contributed by atoms with E-state index in [1.807, 2.05) is 66.3 Å². The molecule has 0 fully saturated rings. The Hall–Kier alpha value is -3.41. The van der Waals surface area contributed by atoms with E-state index < -0.39 is 0 Å². The molecule has 4 aromatic rings. The number of rotatable bonds is 4. The molecule has 2 aromatic carbocycles. The van der Waals surface area contributed by atoms with E-state index in [-0.39, 0.29) is 5.91 Å². The van der Waals surface area contributed by atoms with E-state index >= 15 is 0 Å². The van der Waals surface area contributed by atoms with Gasteiger partial charge in [-0.05, 0) is 42.0 Å². The van der Waals surface area contributed by atoms with Crippen LogP contribution in [0.1, 0.15) is 15.9 Å². The molecule has 124 valence electrons.